The molecule has 0 bridgehead atoms. The van der Waals surface area contributed by atoms with Crippen LogP contribution in [0.15, 0.2) is 4.99 Å². The van der Waals surface area contributed by atoms with E-state index in [-0.39, 0.29) is 18.1 Å². The van der Waals surface area contributed by atoms with Crippen molar-refractivity contribution in [1.82, 2.24) is 10.2 Å². The Kier molecular flexibility index (Phi) is 1.56. The topological polar surface area (TPSA) is 61.8 Å². The first kappa shape index (κ1) is 7.27. The highest BCUT2D eigenvalue weighted by molar-refractivity contribution is 5.95. The van der Waals surface area contributed by atoms with Crippen LogP contribution in [0.3, 0.4) is 0 Å². The maximum Gasteiger partial charge on any atom is 0.342 e. The third kappa shape index (κ3) is 1.07. The van der Waals surface area contributed by atoms with Gasteiger partial charge in [-0.25, -0.2) is 9.79 Å². The second-order valence-electron chi connectivity index (χ2n) is 2.86. The average Bonchev–Trinajstić information content (AvgIpc) is 2.58. The molecule has 0 radical (unpaired) electrons. The summed E-state index contributed by atoms with van der Waals surface area (Å²) in [5, 5.41) is 2.57. The molecule has 3 amide bonds. The Morgan fingerprint density at radius 1 is 1.58 bits per heavy atom. The minimum Gasteiger partial charge on any atom is -0.317 e. The lowest BCUT2D eigenvalue weighted by Gasteiger charge is -2.20. The van der Waals surface area contributed by atoms with Gasteiger partial charge < -0.3 is 10.2 Å². The monoisotopic (exact) mass is 167 g/mol. The second kappa shape index (κ2) is 2.58. The molecule has 0 aromatic carbocycles. The van der Waals surface area contributed by atoms with Crippen LogP contribution < -0.4 is 5.32 Å². The summed E-state index contributed by atoms with van der Waals surface area (Å²) in [4.78, 5) is 27.0. The van der Waals surface area contributed by atoms with Gasteiger partial charge in [-0.1, -0.05) is 0 Å². The largest absolute Gasteiger partial charge is 0.342 e. The van der Waals surface area contributed by atoms with Crippen LogP contribution >= 0.6 is 0 Å². The minimum absolute atomic E-state index is 0.0913. The Morgan fingerprint density at radius 2 is 2.42 bits per heavy atom. The number of hydrogen-bond acceptors (Lipinski definition) is 2. The van der Waals surface area contributed by atoms with Crippen molar-refractivity contribution in [1.29, 1.82) is 0 Å². The molecule has 1 N–H and O–H groups in total. The molecule has 0 aliphatic carbocycles. The molecule has 0 spiro atoms. The van der Waals surface area contributed by atoms with Gasteiger partial charge in [0.1, 0.15) is 6.17 Å². The van der Waals surface area contributed by atoms with Crippen LogP contribution in [0.1, 0.15) is 12.8 Å². The van der Waals surface area contributed by atoms with Crippen LogP contribution in [-0.4, -0.2) is 35.8 Å². The molecule has 1 atom stereocenters. The zero-order valence-electron chi connectivity index (χ0n) is 6.49. The number of nitrogens with one attached hydrogen (secondary N) is 1. The summed E-state index contributed by atoms with van der Waals surface area (Å²) in [6.07, 6.45) is 2.64. The Balaban J connectivity index is 2.06. The SMILES string of the molecule is O=C1N=CC(N2CCCC2=O)N1. The predicted molar refractivity (Wildman–Crippen MR) is 41.8 cm³/mol. The Bertz CT molecular complexity index is 261. The number of rotatable bonds is 1. The van der Waals surface area contributed by atoms with E-state index in [1.165, 1.54) is 6.21 Å². The summed E-state index contributed by atoms with van der Waals surface area (Å²) in [6.45, 7) is 0.718. The van der Waals surface area contributed by atoms with Crippen molar-refractivity contribution >= 4 is 18.2 Å². The summed E-state index contributed by atoms with van der Waals surface area (Å²) in [5.41, 5.74) is 0. The highest BCUT2D eigenvalue weighted by atomic mass is 16.2. The number of nitrogens with zero attached hydrogens (tertiary/aromatic N) is 2. The molecule has 5 nitrogen and oxygen atoms in total. The fourth-order valence-electron chi connectivity index (χ4n) is 1.46. The second-order valence-corrected chi connectivity index (χ2v) is 2.86. The molecule has 5 heteroatoms. The van der Waals surface area contributed by atoms with Gasteiger partial charge in [0.15, 0.2) is 0 Å². The van der Waals surface area contributed by atoms with Crippen LogP contribution in [0.4, 0.5) is 4.79 Å². The van der Waals surface area contributed by atoms with Crippen LogP contribution in [0.5, 0.6) is 0 Å². The van der Waals surface area contributed by atoms with E-state index in [4.69, 9.17) is 0 Å². The molecule has 1 fully saturated rings. The predicted octanol–water partition coefficient (Wildman–Crippen LogP) is -0.271. The van der Waals surface area contributed by atoms with Gasteiger partial charge in [-0.15, -0.1) is 0 Å². The van der Waals surface area contributed by atoms with Gasteiger partial charge >= 0.3 is 6.03 Å². The smallest absolute Gasteiger partial charge is 0.317 e. The molecule has 0 aromatic rings. The molecule has 64 valence electrons. The van der Waals surface area contributed by atoms with E-state index in [1.807, 2.05) is 0 Å². The number of aliphatic imine (C=N–C) groups is 1. The molecule has 2 aliphatic rings. The maximum atomic E-state index is 11.2. The summed E-state index contributed by atoms with van der Waals surface area (Å²) in [5.74, 6) is 0.0913. The van der Waals surface area contributed by atoms with E-state index < -0.39 is 0 Å². The Hall–Kier alpha value is -1.39. The number of carbonyl (C=O) groups excluding carboxylic acids is 2. The van der Waals surface area contributed by atoms with E-state index in [9.17, 15) is 9.59 Å². The summed E-state index contributed by atoms with van der Waals surface area (Å²) >= 11 is 0. The molecule has 0 aromatic heterocycles. The van der Waals surface area contributed by atoms with Crippen molar-refractivity contribution in [2.75, 3.05) is 6.54 Å². The number of hydrogen-bond donors (Lipinski definition) is 1. The fourth-order valence-corrected chi connectivity index (χ4v) is 1.46. The quantitative estimate of drug-likeness (QED) is 0.584. The van der Waals surface area contributed by atoms with Crippen molar-refractivity contribution in [2.45, 2.75) is 19.0 Å². The molecule has 2 heterocycles. The Morgan fingerprint density at radius 3 is 2.92 bits per heavy atom. The standard InChI is InChI=1S/C7H9N3O2/c11-6-2-1-3-10(6)5-4-8-7(12)9-5/h4-5H,1-3H2,(H,9,12). The van der Waals surface area contributed by atoms with Gasteiger partial charge in [0.05, 0.1) is 6.21 Å². The number of urea groups is 1. The van der Waals surface area contributed by atoms with Crippen LogP contribution in [0, 0.1) is 0 Å². The van der Waals surface area contributed by atoms with Gasteiger partial charge in [0.25, 0.3) is 0 Å². The molecule has 2 rings (SSSR count). The molecule has 12 heavy (non-hydrogen) atoms. The van der Waals surface area contributed by atoms with Gasteiger partial charge in [0.2, 0.25) is 5.91 Å². The lowest BCUT2D eigenvalue weighted by atomic mass is 10.4. The molecule has 1 unspecified atom stereocenters. The molecule has 2 aliphatic heterocycles. The summed E-state index contributed by atoms with van der Waals surface area (Å²) in [7, 11) is 0. The highest BCUT2D eigenvalue weighted by Crippen LogP contribution is 2.12. The number of amides is 3. The first-order valence-electron chi connectivity index (χ1n) is 3.91. The van der Waals surface area contributed by atoms with Gasteiger partial charge in [-0.05, 0) is 6.42 Å². The fraction of sp³-hybridized carbons (Fsp3) is 0.571. The zero-order valence-corrected chi connectivity index (χ0v) is 6.49. The van der Waals surface area contributed by atoms with E-state index in [0.29, 0.717) is 6.42 Å². The van der Waals surface area contributed by atoms with E-state index >= 15 is 0 Å². The van der Waals surface area contributed by atoms with Crippen LogP contribution in [0.2, 0.25) is 0 Å². The molecule has 0 saturated carbocycles. The third-order valence-corrected chi connectivity index (χ3v) is 2.05. The first-order valence-corrected chi connectivity index (χ1v) is 3.91. The van der Waals surface area contributed by atoms with Gasteiger partial charge in [-0.3, -0.25) is 4.79 Å². The van der Waals surface area contributed by atoms with Crippen LogP contribution in [0.25, 0.3) is 0 Å². The van der Waals surface area contributed by atoms with Gasteiger partial charge in [0, 0.05) is 13.0 Å². The normalized spacial score (nSPS) is 28.3. The van der Waals surface area contributed by atoms with Crippen molar-refractivity contribution in [3.05, 3.63) is 0 Å². The van der Waals surface area contributed by atoms with E-state index in [2.05, 4.69) is 10.3 Å². The van der Waals surface area contributed by atoms with E-state index in [1.54, 1.807) is 4.90 Å². The lowest BCUT2D eigenvalue weighted by molar-refractivity contribution is -0.128. The minimum atomic E-state index is -0.361. The van der Waals surface area contributed by atoms with Crippen LogP contribution in [-0.2, 0) is 4.79 Å². The van der Waals surface area contributed by atoms with Crippen molar-refractivity contribution in [2.24, 2.45) is 4.99 Å². The third-order valence-electron chi connectivity index (χ3n) is 2.05. The summed E-state index contributed by atoms with van der Waals surface area (Å²) < 4.78 is 0. The van der Waals surface area contributed by atoms with Crippen molar-refractivity contribution in [3.63, 3.8) is 0 Å². The van der Waals surface area contributed by atoms with Crippen molar-refractivity contribution in [3.8, 4) is 0 Å². The molecular formula is C7H9N3O2. The highest BCUT2D eigenvalue weighted by Gasteiger charge is 2.30. The molecular weight excluding hydrogens is 158 g/mol. The lowest BCUT2D eigenvalue weighted by Crippen LogP contribution is -2.45. The Labute approximate surface area is 69.4 Å². The first-order chi connectivity index (χ1) is 5.77. The van der Waals surface area contributed by atoms with Crippen molar-refractivity contribution < 1.29 is 9.59 Å². The average molecular weight is 167 g/mol. The summed E-state index contributed by atoms with van der Waals surface area (Å²) in [6, 6.07) is -0.361. The number of carbonyl (C=O) groups is 2. The van der Waals surface area contributed by atoms with Gasteiger partial charge in [-0.2, -0.15) is 0 Å². The maximum absolute atomic E-state index is 11.2. The zero-order chi connectivity index (χ0) is 8.55. The van der Waals surface area contributed by atoms with E-state index in [0.717, 1.165) is 13.0 Å². The number of likely N-dealkylation sites (tertiary alicyclic amines) is 1. The molecule has 1 saturated heterocycles.